The van der Waals surface area contributed by atoms with Crippen LogP contribution in [0.5, 0.6) is 0 Å². The van der Waals surface area contributed by atoms with Crippen molar-refractivity contribution in [1.82, 2.24) is 0 Å². The number of aliphatic hydroxyl groups is 1. The number of carbonyl (C=O) groups is 1. The van der Waals surface area contributed by atoms with Gasteiger partial charge in [-0.05, 0) is 22.7 Å². The van der Waals surface area contributed by atoms with Crippen molar-refractivity contribution in [3.63, 3.8) is 0 Å². The van der Waals surface area contributed by atoms with E-state index in [1.165, 1.54) is 0 Å². The summed E-state index contributed by atoms with van der Waals surface area (Å²) < 4.78 is 0. The largest absolute Gasteiger partial charge is 0.392 e. The number of rotatable bonds is 5. The molecule has 0 aromatic carbocycles. The minimum atomic E-state index is -0.415. The van der Waals surface area contributed by atoms with Gasteiger partial charge in [0.05, 0.1) is 6.10 Å². The number of hydrogen-bond acceptors (Lipinski definition) is 2. The standard InChI is InChI=1S/C14H29NO2/c1-12(2,3)11(17)14(6,7)9-13(4,5)8-10(15)16/h11,17H,8-9H2,1-7H3,(H2,15,16). The molecular weight excluding hydrogens is 214 g/mol. The summed E-state index contributed by atoms with van der Waals surface area (Å²) in [6, 6.07) is 0. The van der Waals surface area contributed by atoms with E-state index < -0.39 is 6.10 Å². The lowest BCUT2D eigenvalue weighted by molar-refractivity contribution is -0.121. The van der Waals surface area contributed by atoms with E-state index in [0.717, 1.165) is 6.42 Å². The number of amides is 1. The monoisotopic (exact) mass is 243 g/mol. The highest BCUT2D eigenvalue weighted by Crippen LogP contribution is 2.43. The third-order valence-corrected chi connectivity index (χ3v) is 3.15. The first-order valence-corrected chi connectivity index (χ1v) is 6.24. The van der Waals surface area contributed by atoms with Crippen LogP contribution in [0.2, 0.25) is 0 Å². The predicted octanol–water partition coefficient (Wildman–Crippen LogP) is 2.71. The Morgan fingerprint density at radius 1 is 1.12 bits per heavy atom. The molecule has 0 spiro atoms. The maximum Gasteiger partial charge on any atom is 0.217 e. The van der Waals surface area contributed by atoms with E-state index in [9.17, 15) is 9.90 Å². The van der Waals surface area contributed by atoms with Gasteiger partial charge in [-0.15, -0.1) is 0 Å². The molecule has 0 aliphatic carbocycles. The van der Waals surface area contributed by atoms with Gasteiger partial charge in [0.15, 0.2) is 0 Å². The second-order valence-electron chi connectivity index (χ2n) is 7.74. The molecule has 0 aliphatic rings. The SMILES string of the molecule is CC(C)(CC(N)=O)CC(C)(C)C(O)C(C)(C)C. The van der Waals surface area contributed by atoms with Crippen molar-refractivity contribution >= 4 is 5.91 Å². The van der Waals surface area contributed by atoms with Crippen molar-refractivity contribution < 1.29 is 9.90 Å². The molecule has 0 saturated carbocycles. The van der Waals surface area contributed by atoms with Gasteiger partial charge in [-0.2, -0.15) is 0 Å². The first-order valence-electron chi connectivity index (χ1n) is 6.24. The summed E-state index contributed by atoms with van der Waals surface area (Å²) in [5.41, 5.74) is 4.68. The third kappa shape index (κ3) is 5.53. The van der Waals surface area contributed by atoms with E-state index in [1.54, 1.807) is 0 Å². The maximum atomic E-state index is 11.0. The molecule has 0 bridgehead atoms. The Bertz CT molecular complexity index is 274. The second kappa shape index (κ2) is 4.97. The summed E-state index contributed by atoms with van der Waals surface area (Å²) in [5, 5.41) is 10.4. The van der Waals surface area contributed by atoms with Gasteiger partial charge in [0.2, 0.25) is 5.91 Å². The van der Waals surface area contributed by atoms with Gasteiger partial charge >= 0.3 is 0 Å². The molecule has 0 aromatic rings. The molecule has 0 aliphatic heterocycles. The zero-order valence-corrected chi connectivity index (χ0v) is 12.4. The van der Waals surface area contributed by atoms with Crippen LogP contribution < -0.4 is 5.73 Å². The van der Waals surface area contributed by atoms with E-state index >= 15 is 0 Å². The quantitative estimate of drug-likeness (QED) is 0.780. The highest BCUT2D eigenvalue weighted by Gasteiger charge is 2.40. The van der Waals surface area contributed by atoms with Crippen LogP contribution in [-0.2, 0) is 4.79 Å². The average molecular weight is 243 g/mol. The minimum Gasteiger partial charge on any atom is -0.392 e. The van der Waals surface area contributed by atoms with Crippen molar-refractivity contribution in [2.45, 2.75) is 67.4 Å². The van der Waals surface area contributed by atoms with Crippen molar-refractivity contribution in [3.05, 3.63) is 0 Å². The van der Waals surface area contributed by atoms with Crippen molar-refractivity contribution in [2.75, 3.05) is 0 Å². The highest BCUT2D eigenvalue weighted by molar-refractivity contribution is 5.74. The topological polar surface area (TPSA) is 63.3 Å². The minimum absolute atomic E-state index is 0.160. The molecule has 1 amide bonds. The van der Waals surface area contributed by atoms with Crippen LogP contribution in [0.3, 0.4) is 0 Å². The highest BCUT2D eigenvalue weighted by atomic mass is 16.3. The zero-order valence-electron chi connectivity index (χ0n) is 12.4. The van der Waals surface area contributed by atoms with Gasteiger partial charge in [0.1, 0.15) is 0 Å². The normalized spacial score (nSPS) is 15.8. The molecule has 0 rings (SSSR count). The number of nitrogens with two attached hydrogens (primary N) is 1. The lowest BCUT2D eigenvalue weighted by atomic mass is 9.65. The number of hydrogen-bond donors (Lipinski definition) is 2. The smallest absolute Gasteiger partial charge is 0.217 e. The summed E-state index contributed by atoms with van der Waals surface area (Å²) in [5.74, 6) is -0.281. The van der Waals surface area contributed by atoms with E-state index in [1.807, 2.05) is 48.5 Å². The van der Waals surface area contributed by atoms with Gasteiger partial charge in [-0.1, -0.05) is 48.5 Å². The summed E-state index contributed by atoms with van der Waals surface area (Å²) in [4.78, 5) is 11.0. The van der Waals surface area contributed by atoms with Crippen LogP contribution in [0.25, 0.3) is 0 Å². The first-order chi connectivity index (χ1) is 7.28. The van der Waals surface area contributed by atoms with Crippen LogP contribution >= 0.6 is 0 Å². The Balaban J connectivity index is 4.80. The lowest BCUT2D eigenvalue weighted by Gasteiger charge is -2.43. The van der Waals surface area contributed by atoms with Crippen molar-refractivity contribution in [3.8, 4) is 0 Å². The molecule has 0 fully saturated rings. The molecule has 3 nitrogen and oxygen atoms in total. The fourth-order valence-corrected chi connectivity index (χ4v) is 3.04. The maximum absolute atomic E-state index is 11.0. The number of aliphatic hydroxyl groups excluding tert-OH is 1. The Morgan fingerprint density at radius 3 is 1.82 bits per heavy atom. The van der Waals surface area contributed by atoms with Crippen molar-refractivity contribution in [1.29, 1.82) is 0 Å². The molecule has 1 unspecified atom stereocenters. The van der Waals surface area contributed by atoms with Crippen LogP contribution in [0.4, 0.5) is 0 Å². The molecule has 0 saturated heterocycles. The molecular formula is C14H29NO2. The molecule has 3 N–H and O–H groups in total. The Labute approximate surface area is 106 Å². The van der Waals surface area contributed by atoms with Crippen molar-refractivity contribution in [2.24, 2.45) is 22.0 Å². The summed E-state index contributed by atoms with van der Waals surface area (Å²) >= 11 is 0. The van der Waals surface area contributed by atoms with E-state index in [2.05, 4.69) is 0 Å². The Kier molecular flexibility index (Phi) is 4.80. The zero-order chi connectivity index (χ0) is 14.1. The van der Waals surface area contributed by atoms with Gasteiger partial charge in [0, 0.05) is 6.42 Å². The number of carbonyl (C=O) groups excluding carboxylic acids is 1. The predicted molar refractivity (Wildman–Crippen MR) is 71.5 cm³/mol. The third-order valence-electron chi connectivity index (χ3n) is 3.15. The summed E-state index contributed by atoms with van der Waals surface area (Å²) in [7, 11) is 0. The molecule has 0 aromatic heterocycles. The molecule has 0 radical (unpaired) electrons. The molecule has 102 valence electrons. The van der Waals surface area contributed by atoms with Crippen LogP contribution in [0.1, 0.15) is 61.3 Å². The van der Waals surface area contributed by atoms with E-state index in [0.29, 0.717) is 6.42 Å². The molecule has 1 atom stereocenters. The fraction of sp³-hybridized carbons (Fsp3) is 0.929. The molecule has 3 heteroatoms. The van der Waals surface area contributed by atoms with Gasteiger partial charge < -0.3 is 10.8 Å². The Morgan fingerprint density at radius 2 is 1.53 bits per heavy atom. The van der Waals surface area contributed by atoms with Crippen LogP contribution in [0, 0.1) is 16.2 Å². The van der Waals surface area contributed by atoms with E-state index in [4.69, 9.17) is 5.73 Å². The second-order valence-corrected chi connectivity index (χ2v) is 7.74. The summed E-state index contributed by atoms with van der Waals surface area (Å²) in [6.07, 6.45) is 0.705. The fourth-order valence-electron chi connectivity index (χ4n) is 3.04. The van der Waals surface area contributed by atoms with Gasteiger partial charge in [-0.3, -0.25) is 4.79 Å². The van der Waals surface area contributed by atoms with Gasteiger partial charge in [-0.25, -0.2) is 0 Å². The average Bonchev–Trinajstić information content (AvgIpc) is 1.95. The molecule has 17 heavy (non-hydrogen) atoms. The summed E-state index contributed by atoms with van der Waals surface area (Å²) in [6.45, 7) is 14.2. The van der Waals surface area contributed by atoms with Crippen LogP contribution in [0.15, 0.2) is 0 Å². The molecule has 0 heterocycles. The lowest BCUT2D eigenvalue weighted by Crippen LogP contribution is -2.43. The first kappa shape index (κ1) is 16.4. The number of primary amides is 1. The van der Waals surface area contributed by atoms with E-state index in [-0.39, 0.29) is 22.2 Å². The Hall–Kier alpha value is -0.570. The van der Waals surface area contributed by atoms with Gasteiger partial charge in [0.25, 0.3) is 0 Å². The van der Waals surface area contributed by atoms with Crippen LogP contribution in [-0.4, -0.2) is 17.1 Å².